The Bertz CT molecular complexity index is 385. The predicted octanol–water partition coefficient (Wildman–Crippen LogP) is 3.44. The first-order valence-electron chi connectivity index (χ1n) is 5.00. The molecule has 2 aromatic rings. The van der Waals surface area contributed by atoms with Crippen LogP contribution in [0.5, 0.6) is 0 Å². The standard InChI is InChI=1S/C12H10.C2H4O2.Zn/c1-3-7-11(8-4-1)12-9-5-2-6-10-12;1-2(3)4;/h1-10H;1H3,(H,3,4);. The fourth-order valence-corrected chi connectivity index (χ4v) is 1.26. The zero-order chi connectivity index (χ0) is 11.8. The molecule has 84 valence electrons. The number of benzene rings is 2. The summed E-state index contributed by atoms with van der Waals surface area (Å²) < 4.78 is 0. The molecule has 0 spiro atoms. The Morgan fingerprint density at radius 3 is 1.29 bits per heavy atom. The first-order chi connectivity index (χ1) is 7.70. The van der Waals surface area contributed by atoms with E-state index < -0.39 is 5.97 Å². The molecule has 0 aliphatic carbocycles. The molecular weight excluding hydrogens is 266 g/mol. The third-order valence-corrected chi connectivity index (χ3v) is 1.88. The first-order valence-corrected chi connectivity index (χ1v) is 5.00. The second-order valence-corrected chi connectivity index (χ2v) is 3.25. The smallest absolute Gasteiger partial charge is 0.300 e. The van der Waals surface area contributed by atoms with Gasteiger partial charge in [0.15, 0.2) is 0 Å². The van der Waals surface area contributed by atoms with E-state index in [1.54, 1.807) is 0 Å². The van der Waals surface area contributed by atoms with Crippen LogP contribution in [0, 0.1) is 0 Å². The van der Waals surface area contributed by atoms with Crippen LogP contribution in [0.3, 0.4) is 0 Å². The van der Waals surface area contributed by atoms with Gasteiger partial charge in [-0.15, -0.1) is 0 Å². The average molecular weight is 280 g/mol. The van der Waals surface area contributed by atoms with Crippen molar-refractivity contribution in [2.75, 3.05) is 0 Å². The molecule has 0 radical (unpaired) electrons. The van der Waals surface area contributed by atoms with Crippen LogP contribution >= 0.6 is 0 Å². The molecule has 0 heterocycles. The van der Waals surface area contributed by atoms with Gasteiger partial charge in [0.05, 0.1) is 0 Å². The Kier molecular flexibility index (Phi) is 7.91. The zero-order valence-corrected chi connectivity index (χ0v) is 12.8. The number of aliphatic carboxylic acids is 1. The van der Waals surface area contributed by atoms with E-state index in [2.05, 4.69) is 48.5 Å². The van der Waals surface area contributed by atoms with Gasteiger partial charge in [-0.2, -0.15) is 0 Å². The van der Waals surface area contributed by atoms with Gasteiger partial charge in [-0.3, -0.25) is 4.79 Å². The molecule has 0 amide bonds. The van der Waals surface area contributed by atoms with E-state index in [1.165, 1.54) is 11.1 Å². The summed E-state index contributed by atoms with van der Waals surface area (Å²) in [6, 6.07) is 20.8. The zero-order valence-electron chi connectivity index (χ0n) is 9.84. The Balaban J connectivity index is 0.000000453. The summed E-state index contributed by atoms with van der Waals surface area (Å²) in [5, 5.41) is 7.42. The van der Waals surface area contributed by atoms with Gasteiger partial charge in [0.1, 0.15) is 0 Å². The Morgan fingerprint density at radius 2 is 1.06 bits per heavy atom. The molecule has 0 atom stereocenters. The van der Waals surface area contributed by atoms with Crippen molar-refractivity contribution in [1.29, 1.82) is 0 Å². The number of rotatable bonds is 1. The van der Waals surface area contributed by atoms with Crippen LogP contribution in [0.25, 0.3) is 11.1 Å². The van der Waals surface area contributed by atoms with E-state index in [1.807, 2.05) is 12.1 Å². The summed E-state index contributed by atoms with van der Waals surface area (Å²) in [5.74, 6) is -0.833. The van der Waals surface area contributed by atoms with Gasteiger partial charge in [0.2, 0.25) is 0 Å². The van der Waals surface area contributed by atoms with E-state index in [-0.39, 0.29) is 19.5 Å². The third-order valence-electron chi connectivity index (χ3n) is 1.88. The summed E-state index contributed by atoms with van der Waals surface area (Å²) in [7, 11) is 0. The van der Waals surface area contributed by atoms with Gasteiger partial charge in [-0.25, -0.2) is 0 Å². The molecule has 3 heteroatoms. The van der Waals surface area contributed by atoms with E-state index >= 15 is 0 Å². The minimum absolute atomic E-state index is 0. The molecule has 0 saturated heterocycles. The summed E-state index contributed by atoms with van der Waals surface area (Å²) in [5.41, 5.74) is 2.55. The van der Waals surface area contributed by atoms with Gasteiger partial charge < -0.3 is 5.11 Å². The Hall–Kier alpha value is -1.47. The molecule has 0 bridgehead atoms. The summed E-state index contributed by atoms with van der Waals surface area (Å²) >= 11 is 0. The monoisotopic (exact) mass is 278 g/mol. The average Bonchev–Trinajstić information content (AvgIpc) is 2.31. The molecule has 1 N–H and O–H groups in total. The molecule has 2 aromatic carbocycles. The minimum atomic E-state index is -0.833. The summed E-state index contributed by atoms with van der Waals surface area (Å²) in [6.45, 7) is 1.08. The van der Waals surface area contributed by atoms with Crippen LogP contribution in [0.2, 0.25) is 0 Å². The quantitative estimate of drug-likeness (QED) is 0.812. The fourth-order valence-electron chi connectivity index (χ4n) is 1.26. The van der Waals surface area contributed by atoms with Crippen LogP contribution in [0.1, 0.15) is 6.92 Å². The van der Waals surface area contributed by atoms with Gasteiger partial charge >= 0.3 is 0 Å². The van der Waals surface area contributed by atoms with Crippen molar-refractivity contribution < 1.29 is 29.4 Å². The first kappa shape index (κ1) is 15.5. The number of carboxylic acid groups (broad SMARTS) is 1. The predicted molar refractivity (Wildman–Crippen MR) is 65.2 cm³/mol. The van der Waals surface area contributed by atoms with Gasteiger partial charge in [-0.05, 0) is 11.1 Å². The molecule has 2 nitrogen and oxygen atoms in total. The fraction of sp³-hybridized carbons (Fsp3) is 0.0714. The van der Waals surface area contributed by atoms with Gasteiger partial charge in [0.25, 0.3) is 5.97 Å². The maximum absolute atomic E-state index is 9.00. The summed E-state index contributed by atoms with van der Waals surface area (Å²) in [4.78, 5) is 9.00. The minimum Gasteiger partial charge on any atom is -0.481 e. The van der Waals surface area contributed by atoms with Gasteiger partial charge in [0, 0.05) is 26.4 Å². The molecule has 0 saturated carbocycles. The van der Waals surface area contributed by atoms with Gasteiger partial charge in [-0.1, -0.05) is 60.7 Å². The van der Waals surface area contributed by atoms with Crippen molar-refractivity contribution in [2.24, 2.45) is 0 Å². The molecule has 2 rings (SSSR count). The van der Waals surface area contributed by atoms with Crippen molar-refractivity contribution in [1.82, 2.24) is 0 Å². The number of carbonyl (C=O) groups is 1. The van der Waals surface area contributed by atoms with Crippen LogP contribution in [-0.4, -0.2) is 11.1 Å². The van der Waals surface area contributed by atoms with Crippen molar-refractivity contribution in [3.05, 3.63) is 60.7 Å². The van der Waals surface area contributed by atoms with E-state index in [0.29, 0.717) is 0 Å². The molecule has 0 unspecified atom stereocenters. The number of carboxylic acids is 1. The van der Waals surface area contributed by atoms with Crippen molar-refractivity contribution >= 4 is 5.97 Å². The number of hydrogen-bond donors (Lipinski definition) is 1. The largest absolute Gasteiger partial charge is 0.481 e. The van der Waals surface area contributed by atoms with Crippen LogP contribution in [0.15, 0.2) is 60.7 Å². The van der Waals surface area contributed by atoms with Crippen LogP contribution in [-0.2, 0) is 24.3 Å². The molecule has 0 aliphatic rings. The normalized spacial score (nSPS) is 8.29. The maximum atomic E-state index is 9.00. The second-order valence-electron chi connectivity index (χ2n) is 3.25. The van der Waals surface area contributed by atoms with E-state index in [4.69, 9.17) is 9.90 Å². The van der Waals surface area contributed by atoms with Crippen molar-refractivity contribution in [3.63, 3.8) is 0 Å². The van der Waals surface area contributed by atoms with Crippen molar-refractivity contribution in [2.45, 2.75) is 6.92 Å². The molecular formula is C14H14O2Zn. The van der Waals surface area contributed by atoms with E-state index in [0.717, 1.165) is 6.92 Å². The topological polar surface area (TPSA) is 37.3 Å². The van der Waals surface area contributed by atoms with Crippen LogP contribution in [0.4, 0.5) is 0 Å². The summed E-state index contributed by atoms with van der Waals surface area (Å²) in [6.07, 6.45) is 0. The molecule has 0 aliphatic heterocycles. The molecule has 0 aromatic heterocycles. The van der Waals surface area contributed by atoms with Crippen LogP contribution < -0.4 is 0 Å². The Labute approximate surface area is 114 Å². The molecule has 0 fully saturated rings. The van der Waals surface area contributed by atoms with Crippen molar-refractivity contribution in [3.8, 4) is 11.1 Å². The third kappa shape index (κ3) is 6.65. The maximum Gasteiger partial charge on any atom is 0.300 e. The SMILES string of the molecule is CC(=O)O.[Zn].c1ccc(-c2ccccc2)cc1. The Morgan fingerprint density at radius 1 is 0.824 bits per heavy atom. The number of hydrogen-bond acceptors (Lipinski definition) is 1. The second kappa shape index (κ2) is 8.66. The molecule has 17 heavy (non-hydrogen) atoms. The van der Waals surface area contributed by atoms with E-state index in [9.17, 15) is 0 Å².